The summed E-state index contributed by atoms with van der Waals surface area (Å²) in [6.07, 6.45) is 0.897. The minimum absolute atomic E-state index is 0.161. The number of aliphatic hydroxyl groups excluding tert-OH is 2. The topological polar surface area (TPSA) is 61.7 Å². The number of rotatable bonds is 5. The summed E-state index contributed by atoms with van der Waals surface area (Å²) in [7, 11) is 1.62. The molecule has 3 N–H and O–H groups in total. The molecule has 0 heterocycles. The molecule has 1 fully saturated rings. The third-order valence-corrected chi connectivity index (χ3v) is 3.21. The van der Waals surface area contributed by atoms with Crippen LogP contribution in [0.4, 0.5) is 0 Å². The Balaban J connectivity index is 1.80. The van der Waals surface area contributed by atoms with Crippen LogP contribution >= 0.6 is 0 Å². The first kappa shape index (κ1) is 12.4. The molecular formula is C13H19NO3. The molecule has 2 rings (SSSR count). The molecule has 0 saturated heterocycles. The fourth-order valence-corrected chi connectivity index (χ4v) is 1.98. The van der Waals surface area contributed by atoms with Crippen LogP contribution in [0.1, 0.15) is 24.5 Å². The van der Waals surface area contributed by atoms with Gasteiger partial charge >= 0.3 is 0 Å². The monoisotopic (exact) mass is 237 g/mol. The second-order valence-corrected chi connectivity index (χ2v) is 4.52. The number of nitrogens with one attached hydrogen (secondary N) is 1. The van der Waals surface area contributed by atoms with Gasteiger partial charge in [-0.1, -0.05) is 12.1 Å². The van der Waals surface area contributed by atoms with Gasteiger partial charge in [-0.05, 0) is 30.5 Å². The van der Waals surface area contributed by atoms with E-state index in [2.05, 4.69) is 5.32 Å². The zero-order valence-electron chi connectivity index (χ0n) is 9.97. The van der Waals surface area contributed by atoms with Gasteiger partial charge in [0, 0.05) is 12.6 Å². The average Bonchev–Trinajstić information content (AvgIpc) is 2.33. The van der Waals surface area contributed by atoms with Gasteiger partial charge in [-0.25, -0.2) is 0 Å². The molecule has 1 aliphatic carbocycles. The summed E-state index contributed by atoms with van der Waals surface area (Å²) in [6, 6.07) is 7.75. The van der Waals surface area contributed by atoms with Gasteiger partial charge in [0.2, 0.25) is 0 Å². The Morgan fingerprint density at radius 3 is 2.53 bits per heavy atom. The van der Waals surface area contributed by atoms with Crippen LogP contribution in [0.3, 0.4) is 0 Å². The molecule has 1 aliphatic rings. The van der Waals surface area contributed by atoms with Gasteiger partial charge in [0.15, 0.2) is 0 Å². The molecule has 17 heavy (non-hydrogen) atoms. The minimum atomic E-state index is -0.515. The summed E-state index contributed by atoms with van der Waals surface area (Å²) in [5.74, 6) is 0.788. The predicted octanol–water partition coefficient (Wildman–Crippen LogP) is 0.841. The first-order valence-corrected chi connectivity index (χ1v) is 5.92. The van der Waals surface area contributed by atoms with Gasteiger partial charge in [-0.2, -0.15) is 0 Å². The molecule has 0 amide bonds. The molecule has 1 unspecified atom stereocenters. The van der Waals surface area contributed by atoms with E-state index in [1.807, 2.05) is 24.3 Å². The van der Waals surface area contributed by atoms with E-state index in [0.29, 0.717) is 12.6 Å². The van der Waals surface area contributed by atoms with Gasteiger partial charge in [-0.3, -0.25) is 0 Å². The van der Waals surface area contributed by atoms with Crippen molar-refractivity contribution in [3.05, 3.63) is 29.8 Å². The van der Waals surface area contributed by atoms with Crippen LogP contribution in [-0.4, -0.2) is 36.0 Å². The maximum absolute atomic E-state index is 9.95. The van der Waals surface area contributed by atoms with Crippen molar-refractivity contribution in [1.29, 1.82) is 0 Å². The van der Waals surface area contributed by atoms with E-state index in [4.69, 9.17) is 9.84 Å². The smallest absolute Gasteiger partial charge is 0.118 e. The van der Waals surface area contributed by atoms with E-state index in [9.17, 15) is 5.11 Å². The average molecular weight is 237 g/mol. The fourth-order valence-electron chi connectivity index (χ4n) is 1.98. The highest BCUT2D eigenvalue weighted by molar-refractivity contribution is 5.28. The number of methoxy groups -OCH3 is 1. The van der Waals surface area contributed by atoms with Crippen LogP contribution in [0.15, 0.2) is 24.3 Å². The largest absolute Gasteiger partial charge is 0.497 e. The number of benzene rings is 1. The zero-order chi connectivity index (χ0) is 12.3. The van der Waals surface area contributed by atoms with Crippen LogP contribution in [0.5, 0.6) is 5.75 Å². The lowest BCUT2D eigenvalue weighted by atomic mass is 9.89. The number of hydrogen-bond acceptors (Lipinski definition) is 4. The van der Waals surface area contributed by atoms with E-state index < -0.39 is 6.10 Å². The highest BCUT2D eigenvalue weighted by Crippen LogP contribution is 2.21. The van der Waals surface area contributed by atoms with Crippen molar-refractivity contribution in [3.63, 3.8) is 0 Å². The molecule has 4 nitrogen and oxygen atoms in total. The Morgan fingerprint density at radius 2 is 2.00 bits per heavy atom. The molecule has 94 valence electrons. The van der Waals surface area contributed by atoms with Gasteiger partial charge in [-0.15, -0.1) is 0 Å². The molecule has 4 heteroatoms. The third-order valence-electron chi connectivity index (χ3n) is 3.21. The second kappa shape index (κ2) is 5.49. The SMILES string of the molecule is COc1ccc(C(O)CNC2CC(O)C2)cc1. The van der Waals surface area contributed by atoms with E-state index in [-0.39, 0.29) is 6.10 Å². The Bertz CT molecular complexity index is 346. The lowest BCUT2D eigenvalue weighted by Crippen LogP contribution is -2.45. The van der Waals surface area contributed by atoms with Crippen LogP contribution in [0, 0.1) is 0 Å². The zero-order valence-corrected chi connectivity index (χ0v) is 9.97. The molecule has 0 bridgehead atoms. The first-order valence-electron chi connectivity index (χ1n) is 5.92. The van der Waals surface area contributed by atoms with E-state index in [1.165, 1.54) is 0 Å². The lowest BCUT2D eigenvalue weighted by molar-refractivity contribution is 0.0551. The first-order chi connectivity index (χ1) is 8.19. The minimum Gasteiger partial charge on any atom is -0.497 e. The van der Waals surface area contributed by atoms with Crippen molar-refractivity contribution in [2.45, 2.75) is 31.1 Å². The van der Waals surface area contributed by atoms with Crippen molar-refractivity contribution >= 4 is 0 Å². The summed E-state index contributed by atoms with van der Waals surface area (Å²) in [5, 5.41) is 22.3. The summed E-state index contributed by atoms with van der Waals surface area (Å²) in [5.41, 5.74) is 0.873. The predicted molar refractivity (Wildman–Crippen MR) is 65.0 cm³/mol. The molecule has 1 aromatic carbocycles. The Labute approximate surface area is 101 Å². The van der Waals surface area contributed by atoms with Crippen molar-refractivity contribution in [1.82, 2.24) is 5.32 Å². The Morgan fingerprint density at radius 1 is 1.35 bits per heavy atom. The van der Waals surface area contributed by atoms with Gasteiger partial charge in [0.1, 0.15) is 5.75 Å². The molecule has 1 aromatic rings. The highest BCUT2D eigenvalue weighted by atomic mass is 16.5. The quantitative estimate of drug-likeness (QED) is 0.710. The van der Waals surface area contributed by atoms with Crippen LogP contribution < -0.4 is 10.1 Å². The number of ether oxygens (including phenoxy) is 1. The third kappa shape index (κ3) is 3.19. The summed E-state index contributed by atoms with van der Waals surface area (Å²) < 4.78 is 5.06. The maximum Gasteiger partial charge on any atom is 0.118 e. The molecule has 0 aliphatic heterocycles. The second-order valence-electron chi connectivity index (χ2n) is 4.52. The lowest BCUT2D eigenvalue weighted by Gasteiger charge is -2.32. The molecule has 1 saturated carbocycles. The summed E-state index contributed by atoms with van der Waals surface area (Å²) >= 11 is 0. The molecule has 1 atom stereocenters. The summed E-state index contributed by atoms with van der Waals surface area (Å²) in [6.45, 7) is 0.518. The normalized spacial score (nSPS) is 25.1. The number of hydrogen-bond donors (Lipinski definition) is 3. The molecule has 0 radical (unpaired) electrons. The molecular weight excluding hydrogens is 218 g/mol. The van der Waals surface area contributed by atoms with Crippen LogP contribution in [-0.2, 0) is 0 Å². The molecule has 0 aromatic heterocycles. The van der Waals surface area contributed by atoms with E-state index in [0.717, 1.165) is 24.2 Å². The Kier molecular flexibility index (Phi) is 3.99. The standard InChI is InChI=1S/C13H19NO3/c1-17-12-4-2-9(3-5-12)13(16)8-14-10-6-11(15)7-10/h2-5,10-11,13-16H,6-8H2,1H3. The Hall–Kier alpha value is -1.10. The van der Waals surface area contributed by atoms with Crippen molar-refractivity contribution < 1.29 is 14.9 Å². The van der Waals surface area contributed by atoms with Gasteiger partial charge in [0.25, 0.3) is 0 Å². The number of aliphatic hydroxyl groups is 2. The maximum atomic E-state index is 9.95. The van der Waals surface area contributed by atoms with Gasteiger partial charge < -0.3 is 20.3 Å². The van der Waals surface area contributed by atoms with Crippen molar-refractivity contribution in [2.75, 3.05) is 13.7 Å². The van der Waals surface area contributed by atoms with E-state index in [1.54, 1.807) is 7.11 Å². The van der Waals surface area contributed by atoms with Crippen molar-refractivity contribution in [3.8, 4) is 5.75 Å². The van der Waals surface area contributed by atoms with Crippen LogP contribution in [0.2, 0.25) is 0 Å². The van der Waals surface area contributed by atoms with Crippen LogP contribution in [0.25, 0.3) is 0 Å². The van der Waals surface area contributed by atoms with Crippen molar-refractivity contribution in [2.24, 2.45) is 0 Å². The fraction of sp³-hybridized carbons (Fsp3) is 0.538. The summed E-state index contributed by atoms with van der Waals surface area (Å²) in [4.78, 5) is 0. The van der Waals surface area contributed by atoms with E-state index >= 15 is 0 Å². The molecule has 0 spiro atoms. The highest BCUT2D eigenvalue weighted by Gasteiger charge is 2.26. The van der Waals surface area contributed by atoms with Gasteiger partial charge in [0.05, 0.1) is 19.3 Å².